The van der Waals surface area contributed by atoms with Crippen molar-refractivity contribution in [3.63, 3.8) is 0 Å². The van der Waals surface area contributed by atoms with Gasteiger partial charge in [-0.3, -0.25) is 0 Å². The maximum absolute atomic E-state index is 4.75. The van der Waals surface area contributed by atoms with Gasteiger partial charge in [-0.2, -0.15) is 0 Å². The summed E-state index contributed by atoms with van der Waals surface area (Å²) in [6.45, 7) is 4.32. The molecule has 0 radical (unpaired) electrons. The number of unbranched alkanes of at least 4 members (excludes halogenated alkanes) is 2. The summed E-state index contributed by atoms with van der Waals surface area (Å²) < 4.78 is 0.494. The van der Waals surface area contributed by atoms with Crippen LogP contribution in [0.3, 0.4) is 0 Å². The van der Waals surface area contributed by atoms with Gasteiger partial charge in [-0.1, -0.05) is 30.5 Å². The molecule has 0 bridgehead atoms. The fraction of sp³-hybridized carbons (Fsp3) is 0.875. The fourth-order valence-corrected chi connectivity index (χ4v) is 1.38. The minimum atomic E-state index is 0. The monoisotopic (exact) mass is 213 g/mol. The molecule has 0 amide bonds. The summed E-state index contributed by atoms with van der Waals surface area (Å²) in [5.41, 5.74) is 0. The number of nitrogens with one attached hydrogen (secondary N) is 1. The van der Waals surface area contributed by atoms with Crippen molar-refractivity contribution in [1.82, 2.24) is 5.32 Å². The summed E-state index contributed by atoms with van der Waals surface area (Å²) in [5, 5.41) is 3.05. The third kappa shape index (κ3) is 11.1. The molecule has 0 saturated carbocycles. The molecule has 0 aliphatic carbocycles. The molecule has 4 heteroatoms. The predicted molar refractivity (Wildman–Crippen MR) is 56.7 cm³/mol. The number of rotatable bonds is 5. The molecule has 66 valence electrons. The second kappa shape index (κ2) is 10.2. The van der Waals surface area contributed by atoms with Gasteiger partial charge in [0, 0.05) is 6.04 Å². The van der Waals surface area contributed by atoms with Gasteiger partial charge >= 0.3 is 29.6 Å². The van der Waals surface area contributed by atoms with E-state index in [9.17, 15) is 0 Å². The molecule has 0 heterocycles. The van der Waals surface area contributed by atoms with Gasteiger partial charge < -0.3 is 30.2 Å². The van der Waals surface area contributed by atoms with Crippen LogP contribution in [0.4, 0.5) is 0 Å². The largest absolute Gasteiger partial charge is 1.00 e. The van der Waals surface area contributed by atoms with E-state index in [1.165, 1.54) is 25.7 Å². The van der Waals surface area contributed by atoms with Gasteiger partial charge in [-0.15, -0.1) is 0 Å². The van der Waals surface area contributed by atoms with Crippen LogP contribution in [0.15, 0.2) is 0 Å². The maximum atomic E-state index is 4.75. The van der Waals surface area contributed by atoms with Gasteiger partial charge in [0.2, 0.25) is 0 Å². The Morgan fingerprint density at radius 3 is 2.50 bits per heavy atom. The van der Waals surface area contributed by atoms with Crippen molar-refractivity contribution >= 4 is 29.2 Å². The van der Waals surface area contributed by atoms with Crippen LogP contribution >= 0.6 is 12.2 Å². The van der Waals surface area contributed by atoms with Crippen LogP contribution < -0.4 is 34.9 Å². The fourth-order valence-electron chi connectivity index (χ4n) is 0.974. The summed E-state index contributed by atoms with van der Waals surface area (Å²) in [7, 11) is 0. The number of hydrogen-bond donors (Lipinski definition) is 1. The smallest absolute Gasteiger partial charge is 0.412 e. The van der Waals surface area contributed by atoms with Gasteiger partial charge in [-0.05, 0) is 13.3 Å². The van der Waals surface area contributed by atoms with Gasteiger partial charge in [0.15, 0.2) is 0 Å². The summed E-state index contributed by atoms with van der Waals surface area (Å²) in [6.07, 6.45) is 5.01. The molecule has 1 unspecified atom stereocenters. The Labute approximate surface area is 109 Å². The molecule has 1 nitrogen and oxygen atoms in total. The molecular formula is C8H16NNaS2. The zero-order valence-corrected chi connectivity index (χ0v) is 11.9. The van der Waals surface area contributed by atoms with Crippen molar-refractivity contribution in [2.45, 2.75) is 45.6 Å². The molecule has 0 aromatic carbocycles. The third-order valence-corrected chi connectivity index (χ3v) is 1.84. The van der Waals surface area contributed by atoms with Crippen LogP contribution in [0.1, 0.15) is 39.5 Å². The van der Waals surface area contributed by atoms with E-state index in [0.29, 0.717) is 10.4 Å². The van der Waals surface area contributed by atoms with Gasteiger partial charge in [0.25, 0.3) is 0 Å². The Morgan fingerprint density at radius 1 is 1.50 bits per heavy atom. The third-order valence-electron chi connectivity index (χ3n) is 1.60. The van der Waals surface area contributed by atoms with Crippen molar-refractivity contribution in [2.75, 3.05) is 0 Å². The van der Waals surface area contributed by atoms with Crippen molar-refractivity contribution in [3.8, 4) is 0 Å². The van der Waals surface area contributed by atoms with E-state index in [4.69, 9.17) is 24.8 Å². The van der Waals surface area contributed by atoms with Crippen molar-refractivity contribution in [3.05, 3.63) is 0 Å². The van der Waals surface area contributed by atoms with E-state index in [2.05, 4.69) is 19.2 Å². The van der Waals surface area contributed by atoms with E-state index >= 15 is 0 Å². The summed E-state index contributed by atoms with van der Waals surface area (Å²) in [6, 6.07) is 0.451. The zero-order valence-electron chi connectivity index (χ0n) is 8.22. The quantitative estimate of drug-likeness (QED) is 0.283. The average Bonchev–Trinajstić information content (AvgIpc) is 1.86. The van der Waals surface area contributed by atoms with Crippen LogP contribution in [0.2, 0.25) is 0 Å². The normalized spacial score (nSPS) is 11.5. The minimum absolute atomic E-state index is 0. The second-order valence-electron chi connectivity index (χ2n) is 2.83. The molecule has 0 saturated heterocycles. The molecule has 0 fully saturated rings. The van der Waals surface area contributed by atoms with E-state index in [1.54, 1.807) is 0 Å². The zero-order chi connectivity index (χ0) is 8.69. The van der Waals surface area contributed by atoms with E-state index < -0.39 is 0 Å². The van der Waals surface area contributed by atoms with Crippen LogP contribution in [-0.4, -0.2) is 10.4 Å². The first-order chi connectivity index (χ1) is 5.16. The topological polar surface area (TPSA) is 12.0 Å². The minimum Gasteiger partial charge on any atom is -0.412 e. The number of hydrogen-bond acceptors (Lipinski definition) is 2. The average molecular weight is 213 g/mol. The summed E-state index contributed by atoms with van der Waals surface area (Å²) in [5.74, 6) is 0. The molecule has 0 spiro atoms. The Bertz CT molecular complexity index is 120. The molecule has 0 aromatic rings. The Morgan fingerprint density at radius 2 is 2.08 bits per heavy atom. The SMILES string of the molecule is CCCCCC(C)NC(=S)[S-].[Na+]. The van der Waals surface area contributed by atoms with Gasteiger partial charge in [0.1, 0.15) is 0 Å². The molecule has 0 aromatic heterocycles. The Hall–Kier alpha value is 1.11. The molecule has 0 aliphatic rings. The maximum Gasteiger partial charge on any atom is 1.00 e. The molecule has 0 rings (SSSR count). The van der Waals surface area contributed by atoms with E-state index in [0.717, 1.165) is 0 Å². The molecule has 0 aliphatic heterocycles. The Kier molecular flexibility index (Phi) is 13.2. The van der Waals surface area contributed by atoms with E-state index in [-0.39, 0.29) is 29.6 Å². The first kappa shape index (κ1) is 15.6. The summed E-state index contributed by atoms with van der Waals surface area (Å²) >= 11 is 9.51. The van der Waals surface area contributed by atoms with Crippen LogP contribution in [-0.2, 0) is 12.6 Å². The summed E-state index contributed by atoms with van der Waals surface area (Å²) in [4.78, 5) is 0. The van der Waals surface area contributed by atoms with Crippen LogP contribution in [0, 0.1) is 0 Å². The molecule has 12 heavy (non-hydrogen) atoms. The van der Waals surface area contributed by atoms with Gasteiger partial charge in [-0.25, -0.2) is 0 Å². The van der Waals surface area contributed by atoms with E-state index in [1.807, 2.05) is 0 Å². The van der Waals surface area contributed by atoms with Crippen molar-refractivity contribution in [1.29, 1.82) is 0 Å². The standard InChI is InChI=1S/C8H17NS2.Na/c1-3-4-5-6-7(2)9-8(10)11;/h7H,3-6H2,1-2H3,(H2,9,10,11);/q;+1/p-1. The predicted octanol–water partition coefficient (Wildman–Crippen LogP) is -0.619. The van der Waals surface area contributed by atoms with Crippen molar-refractivity contribution < 1.29 is 29.6 Å². The van der Waals surface area contributed by atoms with Crippen LogP contribution in [0.5, 0.6) is 0 Å². The van der Waals surface area contributed by atoms with Gasteiger partial charge in [0.05, 0.1) is 0 Å². The molecule has 1 atom stereocenters. The van der Waals surface area contributed by atoms with Crippen molar-refractivity contribution in [2.24, 2.45) is 0 Å². The molecule has 1 N–H and O–H groups in total. The molecular weight excluding hydrogens is 197 g/mol. The first-order valence-corrected chi connectivity index (χ1v) is 4.96. The first-order valence-electron chi connectivity index (χ1n) is 4.14. The Balaban J connectivity index is 0. The van der Waals surface area contributed by atoms with Crippen LogP contribution in [0.25, 0.3) is 0 Å². The number of thiocarbonyl (C=S) groups is 1. The second-order valence-corrected chi connectivity index (χ2v) is 3.90.